The predicted molar refractivity (Wildman–Crippen MR) is 64.7 cm³/mol. The molecular formula is C12H16N4O. The number of carbonyl (C=O) groups excluding carboxylic acids is 1. The summed E-state index contributed by atoms with van der Waals surface area (Å²) < 4.78 is 0. The highest BCUT2D eigenvalue weighted by molar-refractivity contribution is 5.93. The van der Waals surface area contributed by atoms with Crippen LogP contribution in [0.15, 0.2) is 24.3 Å². The van der Waals surface area contributed by atoms with Crippen molar-refractivity contribution in [3.05, 3.63) is 35.4 Å². The van der Waals surface area contributed by atoms with Gasteiger partial charge in [-0.2, -0.15) is 5.26 Å². The molecule has 0 aliphatic heterocycles. The van der Waals surface area contributed by atoms with E-state index < -0.39 is 0 Å². The lowest BCUT2D eigenvalue weighted by atomic mass is 10.1. The van der Waals surface area contributed by atoms with Crippen LogP contribution in [-0.2, 0) is 6.54 Å². The molecule has 5 nitrogen and oxygen atoms in total. The van der Waals surface area contributed by atoms with E-state index in [1.807, 2.05) is 24.1 Å². The van der Waals surface area contributed by atoms with E-state index in [4.69, 9.17) is 11.1 Å². The van der Waals surface area contributed by atoms with Crippen LogP contribution in [0.1, 0.15) is 22.3 Å². The second kappa shape index (κ2) is 6.63. The van der Waals surface area contributed by atoms with Crippen molar-refractivity contribution in [3.63, 3.8) is 0 Å². The Hall–Kier alpha value is -1.90. The number of nitrogens with two attached hydrogens (primary N) is 1. The number of nitrogen functional groups attached to an aromatic ring is 1. The van der Waals surface area contributed by atoms with Gasteiger partial charge in [-0.3, -0.25) is 10.2 Å². The molecule has 90 valence electrons. The maximum absolute atomic E-state index is 11.3. The molecule has 0 bridgehead atoms. The van der Waals surface area contributed by atoms with Gasteiger partial charge in [-0.25, -0.2) is 5.84 Å². The minimum absolute atomic E-state index is 0.300. The summed E-state index contributed by atoms with van der Waals surface area (Å²) in [5, 5.41) is 8.49. The first-order valence-electron chi connectivity index (χ1n) is 5.32. The fourth-order valence-corrected chi connectivity index (χ4v) is 1.53. The monoisotopic (exact) mass is 232 g/mol. The lowest BCUT2D eigenvalue weighted by Crippen LogP contribution is -2.30. The maximum Gasteiger partial charge on any atom is 0.265 e. The van der Waals surface area contributed by atoms with E-state index in [2.05, 4.69) is 11.5 Å². The molecule has 0 heterocycles. The maximum atomic E-state index is 11.3. The van der Waals surface area contributed by atoms with Gasteiger partial charge in [0.05, 0.1) is 6.07 Å². The number of carbonyl (C=O) groups is 1. The van der Waals surface area contributed by atoms with Gasteiger partial charge < -0.3 is 4.90 Å². The van der Waals surface area contributed by atoms with Gasteiger partial charge in [-0.05, 0) is 24.7 Å². The van der Waals surface area contributed by atoms with Crippen molar-refractivity contribution in [1.29, 1.82) is 5.26 Å². The fraction of sp³-hybridized carbons (Fsp3) is 0.333. The van der Waals surface area contributed by atoms with E-state index in [1.54, 1.807) is 12.1 Å². The van der Waals surface area contributed by atoms with E-state index in [0.717, 1.165) is 5.56 Å². The van der Waals surface area contributed by atoms with Gasteiger partial charge >= 0.3 is 0 Å². The van der Waals surface area contributed by atoms with Crippen LogP contribution < -0.4 is 11.3 Å². The molecule has 0 spiro atoms. The van der Waals surface area contributed by atoms with Crippen LogP contribution in [0.3, 0.4) is 0 Å². The van der Waals surface area contributed by atoms with Crippen LogP contribution in [0.25, 0.3) is 0 Å². The number of benzene rings is 1. The SMILES string of the molecule is CN(CCC#N)Cc1cccc(C(=O)NN)c1. The highest BCUT2D eigenvalue weighted by Crippen LogP contribution is 2.07. The Balaban J connectivity index is 2.66. The molecule has 0 aliphatic rings. The third-order valence-corrected chi connectivity index (χ3v) is 2.38. The summed E-state index contributed by atoms with van der Waals surface area (Å²) in [5.41, 5.74) is 3.66. The van der Waals surface area contributed by atoms with Gasteiger partial charge in [0.1, 0.15) is 0 Å². The molecule has 0 aromatic heterocycles. The first-order valence-corrected chi connectivity index (χ1v) is 5.32. The molecule has 0 atom stereocenters. The van der Waals surface area contributed by atoms with Crippen molar-refractivity contribution in [2.45, 2.75) is 13.0 Å². The Morgan fingerprint density at radius 3 is 3.00 bits per heavy atom. The summed E-state index contributed by atoms with van der Waals surface area (Å²) >= 11 is 0. The summed E-state index contributed by atoms with van der Waals surface area (Å²) in [6.45, 7) is 1.41. The largest absolute Gasteiger partial charge is 0.301 e. The zero-order valence-electron chi connectivity index (χ0n) is 9.81. The zero-order chi connectivity index (χ0) is 12.7. The number of hydrogen-bond donors (Lipinski definition) is 2. The summed E-state index contributed by atoms with van der Waals surface area (Å²) in [7, 11) is 1.94. The minimum Gasteiger partial charge on any atom is -0.301 e. The Morgan fingerprint density at radius 1 is 1.59 bits per heavy atom. The first kappa shape index (κ1) is 13.2. The smallest absolute Gasteiger partial charge is 0.265 e. The van der Waals surface area contributed by atoms with Gasteiger partial charge in [0.2, 0.25) is 0 Å². The topological polar surface area (TPSA) is 82.2 Å². The molecule has 0 saturated carbocycles. The quantitative estimate of drug-likeness (QED) is 0.443. The Morgan fingerprint density at radius 2 is 2.35 bits per heavy atom. The molecule has 0 radical (unpaired) electrons. The predicted octanol–water partition coefficient (Wildman–Crippen LogP) is 0.636. The molecule has 1 aromatic rings. The second-order valence-corrected chi connectivity index (χ2v) is 3.82. The number of nitriles is 1. The number of nitrogens with zero attached hydrogens (tertiary/aromatic N) is 2. The zero-order valence-corrected chi connectivity index (χ0v) is 9.81. The van der Waals surface area contributed by atoms with Crippen LogP contribution in [0.5, 0.6) is 0 Å². The van der Waals surface area contributed by atoms with E-state index in [0.29, 0.717) is 25.1 Å². The third kappa shape index (κ3) is 4.23. The molecule has 0 unspecified atom stereocenters. The van der Waals surface area contributed by atoms with E-state index >= 15 is 0 Å². The summed E-state index contributed by atoms with van der Waals surface area (Å²) in [6.07, 6.45) is 0.499. The Kier molecular flexibility index (Phi) is 5.14. The number of rotatable bonds is 5. The van der Waals surface area contributed by atoms with Gasteiger partial charge in [-0.1, -0.05) is 12.1 Å². The second-order valence-electron chi connectivity index (χ2n) is 3.82. The molecule has 1 aromatic carbocycles. The molecule has 17 heavy (non-hydrogen) atoms. The summed E-state index contributed by atoms with van der Waals surface area (Å²) in [5.74, 6) is 4.78. The lowest BCUT2D eigenvalue weighted by molar-refractivity contribution is 0.0953. The Bertz CT molecular complexity index is 425. The van der Waals surface area contributed by atoms with Crippen molar-refractivity contribution < 1.29 is 4.79 Å². The third-order valence-electron chi connectivity index (χ3n) is 2.38. The van der Waals surface area contributed by atoms with E-state index in [1.165, 1.54) is 0 Å². The number of amides is 1. The van der Waals surface area contributed by atoms with Gasteiger partial charge in [0.25, 0.3) is 5.91 Å². The number of hydrazine groups is 1. The van der Waals surface area contributed by atoms with Crippen LogP contribution >= 0.6 is 0 Å². The van der Waals surface area contributed by atoms with Gasteiger partial charge in [0.15, 0.2) is 0 Å². The molecule has 5 heteroatoms. The standard InChI is InChI=1S/C12H16N4O/c1-16(7-3-6-13)9-10-4-2-5-11(8-10)12(17)15-14/h2,4-5,8H,3,7,9,14H2,1H3,(H,15,17). The normalized spacial score (nSPS) is 10.0. The molecular weight excluding hydrogens is 216 g/mol. The van der Waals surface area contributed by atoms with Crippen LogP contribution in [-0.4, -0.2) is 24.4 Å². The molecule has 0 fully saturated rings. The van der Waals surface area contributed by atoms with Gasteiger partial charge in [-0.15, -0.1) is 0 Å². The molecule has 1 amide bonds. The highest BCUT2D eigenvalue weighted by atomic mass is 16.2. The average Bonchev–Trinajstić information content (AvgIpc) is 2.35. The summed E-state index contributed by atoms with van der Waals surface area (Å²) in [4.78, 5) is 13.4. The van der Waals surface area contributed by atoms with E-state index in [-0.39, 0.29) is 5.91 Å². The number of hydrogen-bond acceptors (Lipinski definition) is 4. The Labute approximate surface area is 101 Å². The van der Waals surface area contributed by atoms with Crippen molar-refractivity contribution in [2.24, 2.45) is 5.84 Å². The average molecular weight is 232 g/mol. The van der Waals surface area contributed by atoms with Crippen molar-refractivity contribution in [3.8, 4) is 6.07 Å². The van der Waals surface area contributed by atoms with Gasteiger partial charge in [0, 0.05) is 25.1 Å². The minimum atomic E-state index is -0.300. The molecule has 0 aliphatic carbocycles. The van der Waals surface area contributed by atoms with Crippen LogP contribution in [0, 0.1) is 11.3 Å². The van der Waals surface area contributed by atoms with Crippen LogP contribution in [0.4, 0.5) is 0 Å². The summed E-state index contributed by atoms with van der Waals surface area (Å²) in [6, 6.07) is 9.36. The molecule has 3 N–H and O–H groups in total. The van der Waals surface area contributed by atoms with Crippen LogP contribution in [0.2, 0.25) is 0 Å². The molecule has 0 saturated heterocycles. The van der Waals surface area contributed by atoms with Crippen molar-refractivity contribution >= 4 is 5.91 Å². The lowest BCUT2D eigenvalue weighted by Gasteiger charge is -2.15. The fourth-order valence-electron chi connectivity index (χ4n) is 1.53. The number of nitrogens with one attached hydrogen (secondary N) is 1. The van der Waals surface area contributed by atoms with Crippen molar-refractivity contribution in [1.82, 2.24) is 10.3 Å². The first-order chi connectivity index (χ1) is 8.17. The van der Waals surface area contributed by atoms with E-state index in [9.17, 15) is 4.79 Å². The molecule has 1 rings (SSSR count). The highest BCUT2D eigenvalue weighted by Gasteiger charge is 2.05. The van der Waals surface area contributed by atoms with Crippen molar-refractivity contribution in [2.75, 3.05) is 13.6 Å².